The number of ether oxygens (including phenoxy) is 1. The summed E-state index contributed by atoms with van der Waals surface area (Å²) in [5, 5.41) is 0. The second-order valence-electron chi connectivity index (χ2n) is 3.73. The SMILES string of the molecule is Nc1ccc(C2COC2)c2nccnc12. The van der Waals surface area contributed by atoms with Crippen molar-refractivity contribution in [3.8, 4) is 0 Å². The van der Waals surface area contributed by atoms with E-state index in [4.69, 9.17) is 10.5 Å². The predicted octanol–water partition coefficient (Wildman–Crippen LogP) is 1.33. The van der Waals surface area contributed by atoms with E-state index in [0.29, 0.717) is 11.6 Å². The molecule has 0 atom stereocenters. The number of anilines is 1. The summed E-state index contributed by atoms with van der Waals surface area (Å²) in [7, 11) is 0. The van der Waals surface area contributed by atoms with Gasteiger partial charge >= 0.3 is 0 Å². The molecular weight excluding hydrogens is 190 g/mol. The lowest BCUT2D eigenvalue weighted by Gasteiger charge is -2.26. The monoisotopic (exact) mass is 201 g/mol. The van der Waals surface area contributed by atoms with Crippen molar-refractivity contribution in [2.24, 2.45) is 0 Å². The van der Waals surface area contributed by atoms with E-state index < -0.39 is 0 Å². The van der Waals surface area contributed by atoms with Crippen molar-refractivity contribution in [1.29, 1.82) is 0 Å². The molecule has 1 aliphatic rings. The average Bonchev–Trinajstić information content (AvgIpc) is 2.20. The van der Waals surface area contributed by atoms with Crippen LogP contribution in [0.25, 0.3) is 11.0 Å². The number of nitrogens with zero attached hydrogens (tertiary/aromatic N) is 2. The highest BCUT2D eigenvalue weighted by Gasteiger charge is 2.23. The quantitative estimate of drug-likeness (QED) is 0.707. The van der Waals surface area contributed by atoms with E-state index in [9.17, 15) is 0 Å². The molecule has 4 nitrogen and oxygen atoms in total. The molecule has 1 saturated heterocycles. The summed E-state index contributed by atoms with van der Waals surface area (Å²) in [5.41, 5.74) is 9.43. The molecule has 1 aromatic heterocycles. The van der Waals surface area contributed by atoms with Crippen LogP contribution in [0.15, 0.2) is 24.5 Å². The van der Waals surface area contributed by atoms with Gasteiger partial charge in [0.15, 0.2) is 0 Å². The maximum atomic E-state index is 5.85. The van der Waals surface area contributed by atoms with E-state index >= 15 is 0 Å². The van der Waals surface area contributed by atoms with E-state index in [-0.39, 0.29) is 0 Å². The number of rotatable bonds is 1. The minimum absolute atomic E-state index is 0.449. The third-order valence-electron chi connectivity index (χ3n) is 2.77. The molecule has 0 unspecified atom stereocenters. The summed E-state index contributed by atoms with van der Waals surface area (Å²) in [6.07, 6.45) is 3.37. The second-order valence-corrected chi connectivity index (χ2v) is 3.73. The molecule has 4 heteroatoms. The number of benzene rings is 1. The van der Waals surface area contributed by atoms with Crippen LogP contribution < -0.4 is 5.73 Å². The molecule has 76 valence electrons. The van der Waals surface area contributed by atoms with Crippen LogP contribution in [-0.4, -0.2) is 23.2 Å². The number of nitrogen functional groups attached to an aromatic ring is 1. The molecule has 2 heterocycles. The Bertz CT molecular complexity index is 508. The largest absolute Gasteiger partial charge is 0.397 e. The van der Waals surface area contributed by atoms with E-state index in [1.54, 1.807) is 12.4 Å². The van der Waals surface area contributed by atoms with Crippen LogP contribution in [-0.2, 0) is 4.74 Å². The molecule has 0 radical (unpaired) electrons. The Balaban J connectivity index is 2.25. The fourth-order valence-corrected chi connectivity index (χ4v) is 1.84. The minimum Gasteiger partial charge on any atom is -0.397 e. The first-order valence-corrected chi connectivity index (χ1v) is 4.93. The van der Waals surface area contributed by atoms with Gasteiger partial charge in [0.1, 0.15) is 5.52 Å². The van der Waals surface area contributed by atoms with Gasteiger partial charge in [-0.2, -0.15) is 0 Å². The van der Waals surface area contributed by atoms with Crippen molar-refractivity contribution < 1.29 is 4.74 Å². The zero-order chi connectivity index (χ0) is 10.3. The van der Waals surface area contributed by atoms with Crippen LogP contribution in [0.3, 0.4) is 0 Å². The number of hydrogen-bond donors (Lipinski definition) is 1. The summed E-state index contributed by atoms with van der Waals surface area (Å²) in [6, 6.07) is 3.92. The van der Waals surface area contributed by atoms with Crippen LogP contribution >= 0.6 is 0 Å². The molecule has 3 rings (SSSR count). The Morgan fingerprint density at radius 2 is 1.87 bits per heavy atom. The van der Waals surface area contributed by atoms with Crippen LogP contribution in [0.2, 0.25) is 0 Å². The Hall–Kier alpha value is -1.68. The molecule has 0 bridgehead atoms. The first-order chi connectivity index (χ1) is 7.36. The molecule has 0 saturated carbocycles. The highest BCUT2D eigenvalue weighted by molar-refractivity contribution is 5.89. The molecule has 0 amide bonds. The topological polar surface area (TPSA) is 61.0 Å². The fraction of sp³-hybridized carbons (Fsp3) is 0.273. The molecule has 15 heavy (non-hydrogen) atoms. The summed E-state index contributed by atoms with van der Waals surface area (Å²) in [4.78, 5) is 8.60. The van der Waals surface area contributed by atoms with Gasteiger partial charge < -0.3 is 10.5 Å². The first kappa shape index (κ1) is 8.61. The molecule has 0 aliphatic carbocycles. The van der Waals surface area contributed by atoms with Gasteiger partial charge in [-0.25, -0.2) is 0 Å². The molecule has 2 aromatic rings. The van der Waals surface area contributed by atoms with Gasteiger partial charge in [-0.15, -0.1) is 0 Å². The Labute approximate surface area is 87.1 Å². The summed E-state index contributed by atoms with van der Waals surface area (Å²) >= 11 is 0. The standard InChI is InChI=1S/C11H11N3O/c12-9-2-1-8(7-5-15-6-7)10-11(9)14-4-3-13-10/h1-4,7H,5-6,12H2. The molecule has 2 N–H and O–H groups in total. The smallest absolute Gasteiger partial charge is 0.112 e. The normalized spacial score (nSPS) is 16.5. The molecule has 1 fully saturated rings. The summed E-state index contributed by atoms with van der Waals surface area (Å²) < 4.78 is 5.19. The van der Waals surface area contributed by atoms with Gasteiger partial charge in [0.05, 0.1) is 24.4 Å². The lowest BCUT2D eigenvalue weighted by molar-refractivity contribution is 0.00893. The van der Waals surface area contributed by atoms with Crippen molar-refractivity contribution in [1.82, 2.24) is 9.97 Å². The molecule has 0 spiro atoms. The lowest BCUT2D eigenvalue weighted by Crippen LogP contribution is -2.25. The first-order valence-electron chi connectivity index (χ1n) is 4.93. The zero-order valence-electron chi connectivity index (χ0n) is 8.18. The van der Waals surface area contributed by atoms with Crippen molar-refractivity contribution >= 4 is 16.7 Å². The van der Waals surface area contributed by atoms with Gasteiger partial charge in [-0.3, -0.25) is 9.97 Å². The Kier molecular flexibility index (Phi) is 1.82. The summed E-state index contributed by atoms with van der Waals surface area (Å²) in [5.74, 6) is 0.449. The Morgan fingerprint density at radius 3 is 2.53 bits per heavy atom. The number of hydrogen-bond acceptors (Lipinski definition) is 4. The number of nitrogens with two attached hydrogens (primary N) is 1. The number of aromatic nitrogens is 2. The van der Waals surface area contributed by atoms with Gasteiger partial charge in [0.2, 0.25) is 0 Å². The van der Waals surface area contributed by atoms with Gasteiger partial charge in [0.25, 0.3) is 0 Å². The van der Waals surface area contributed by atoms with Crippen LogP contribution in [0.1, 0.15) is 11.5 Å². The van der Waals surface area contributed by atoms with Crippen molar-refractivity contribution in [2.75, 3.05) is 18.9 Å². The predicted molar refractivity (Wildman–Crippen MR) is 57.5 cm³/mol. The fourth-order valence-electron chi connectivity index (χ4n) is 1.84. The van der Waals surface area contributed by atoms with Gasteiger partial charge in [-0.05, 0) is 11.6 Å². The van der Waals surface area contributed by atoms with Crippen LogP contribution in [0.5, 0.6) is 0 Å². The Morgan fingerprint density at radius 1 is 1.13 bits per heavy atom. The van der Waals surface area contributed by atoms with Gasteiger partial charge in [0, 0.05) is 18.3 Å². The van der Waals surface area contributed by atoms with E-state index in [1.165, 1.54) is 5.56 Å². The molecule has 1 aliphatic heterocycles. The zero-order valence-corrected chi connectivity index (χ0v) is 8.18. The second kappa shape index (κ2) is 3.17. The third kappa shape index (κ3) is 1.26. The lowest BCUT2D eigenvalue weighted by atomic mass is 9.95. The van der Waals surface area contributed by atoms with Crippen molar-refractivity contribution in [3.63, 3.8) is 0 Å². The molecular formula is C11H11N3O. The van der Waals surface area contributed by atoms with Gasteiger partial charge in [-0.1, -0.05) is 6.07 Å². The highest BCUT2D eigenvalue weighted by Crippen LogP contribution is 2.30. The minimum atomic E-state index is 0.449. The van der Waals surface area contributed by atoms with Crippen molar-refractivity contribution in [3.05, 3.63) is 30.1 Å². The highest BCUT2D eigenvalue weighted by atomic mass is 16.5. The van der Waals surface area contributed by atoms with Crippen molar-refractivity contribution in [2.45, 2.75) is 5.92 Å². The van der Waals surface area contributed by atoms with Crippen LogP contribution in [0.4, 0.5) is 5.69 Å². The maximum absolute atomic E-state index is 5.85. The van der Waals surface area contributed by atoms with E-state index in [2.05, 4.69) is 9.97 Å². The maximum Gasteiger partial charge on any atom is 0.112 e. The number of fused-ring (bicyclic) bond motifs is 1. The average molecular weight is 201 g/mol. The molecule has 1 aromatic carbocycles. The van der Waals surface area contributed by atoms with E-state index in [0.717, 1.165) is 24.2 Å². The van der Waals surface area contributed by atoms with Crippen LogP contribution in [0, 0.1) is 0 Å². The third-order valence-corrected chi connectivity index (χ3v) is 2.77. The van der Waals surface area contributed by atoms with E-state index in [1.807, 2.05) is 12.1 Å². The summed E-state index contributed by atoms with van der Waals surface area (Å²) in [6.45, 7) is 1.55.